The van der Waals surface area contributed by atoms with E-state index in [1.807, 2.05) is 47.9 Å². The second-order valence-electron chi connectivity index (χ2n) is 5.91. The van der Waals surface area contributed by atoms with E-state index in [0.29, 0.717) is 5.75 Å². The molecular weight excluding hydrogens is 344 g/mol. The van der Waals surface area contributed by atoms with Crippen LogP contribution in [0.4, 0.5) is 0 Å². The minimum atomic E-state index is -0.0595. The number of hydrogen-bond acceptors (Lipinski definition) is 4. The highest BCUT2D eigenvalue weighted by Crippen LogP contribution is 2.20. The molecule has 0 radical (unpaired) electrons. The molecule has 3 rings (SSSR count). The monoisotopic (exact) mass is 366 g/mol. The molecule has 0 aliphatic heterocycles. The standard InChI is InChI=1S/C20H22N4OS/c1-2-24-15-21-23-20(24)26-14-19(25)22-18(17-11-7-4-8-12-17)13-16-9-5-3-6-10-16/h3-12,15,18H,2,13-14H2,1H3,(H,22,25). The number of nitrogens with one attached hydrogen (secondary N) is 1. The maximum atomic E-state index is 12.5. The van der Waals surface area contributed by atoms with Crippen LogP contribution in [0.2, 0.25) is 0 Å². The number of rotatable bonds is 8. The van der Waals surface area contributed by atoms with Crippen molar-refractivity contribution in [1.29, 1.82) is 0 Å². The van der Waals surface area contributed by atoms with Crippen molar-refractivity contribution in [3.05, 3.63) is 78.1 Å². The Morgan fingerprint density at radius 2 is 1.81 bits per heavy atom. The lowest BCUT2D eigenvalue weighted by molar-refractivity contribution is -0.119. The molecule has 0 saturated heterocycles. The zero-order valence-electron chi connectivity index (χ0n) is 14.7. The summed E-state index contributed by atoms with van der Waals surface area (Å²) in [7, 11) is 0. The minimum absolute atomic E-state index is 0.00885. The van der Waals surface area contributed by atoms with Gasteiger partial charge in [0, 0.05) is 6.54 Å². The van der Waals surface area contributed by atoms with Crippen molar-refractivity contribution >= 4 is 17.7 Å². The van der Waals surface area contributed by atoms with Gasteiger partial charge < -0.3 is 9.88 Å². The Balaban J connectivity index is 1.66. The molecule has 0 saturated carbocycles. The third-order valence-electron chi connectivity index (χ3n) is 4.07. The van der Waals surface area contributed by atoms with E-state index in [2.05, 4.69) is 39.8 Å². The van der Waals surface area contributed by atoms with Crippen LogP contribution in [0.5, 0.6) is 0 Å². The van der Waals surface area contributed by atoms with Gasteiger partial charge in [-0.05, 0) is 24.5 Å². The second kappa shape index (κ2) is 9.20. The molecule has 1 amide bonds. The van der Waals surface area contributed by atoms with Crippen molar-refractivity contribution in [2.75, 3.05) is 5.75 Å². The number of amides is 1. The third-order valence-corrected chi connectivity index (χ3v) is 5.05. The van der Waals surface area contributed by atoms with Crippen molar-refractivity contribution in [2.24, 2.45) is 0 Å². The molecule has 1 unspecified atom stereocenters. The Morgan fingerprint density at radius 3 is 2.50 bits per heavy atom. The maximum absolute atomic E-state index is 12.5. The van der Waals surface area contributed by atoms with Gasteiger partial charge >= 0.3 is 0 Å². The van der Waals surface area contributed by atoms with Crippen LogP contribution in [0.3, 0.4) is 0 Å². The summed E-state index contributed by atoms with van der Waals surface area (Å²) < 4.78 is 1.93. The lowest BCUT2D eigenvalue weighted by atomic mass is 9.99. The molecule has 1 N–H and O–H groups in total. The normalized spacial score (nSPS) is 11.9. The largest absolute Gasteiger partial charge is 0.348 e. The molecule has 5 nitrogen and oxygen atoms in total. The highest BCUT2D eigenvalue weighted by Gasteiger charge is 2.16. The highest BCUT2D eigenvalue weighted by molar-refractivity contribution is 7.99. The Labute approximate surface area is 157 Å². The fourth-order valence-electron chi connectivity index (χ4n) is 2.73. The first kappa shape index (κ1) is 18.2. The molecule has 1 atom stereocenters. The molecule has 26 heavy (non-hydrogen) atoms. The number of aromatic nitrogens is 3. The van der Waals surface area contributed by atoms with Crippen LogP contribution in [0.1, 0.15) is 24.1 Å². The number of carbonyl (C=O) groups excluding carboxylic acids is 1. The van der Waals surface area contributed by atoms with Crippen LogP contribution in [0, 0.1) is 0 Å². The summed E-state index contributed by atoms with van der Waals surface area (Å²) >= 11 is 1.41. The first-order valence-electron chi connectivity index (χ1n) is 8.65. The average Bonchev–Trinajstić information content (AvgIpc) is 3.15. The Bertz CT molecular complexity index is 820. The number of carbonyl (C=O) groups is 1. The van der Waals surface area contributed by atoms with Crippen molar-refractivity contribution in [3.8, 4) is 0 Å². The summed E-state index contributed by atoms with van der Waals surface area (Å²) in [5.41, 5.74) is 2.30. The van der Waals surface area contributed by atoms with Crippen LogP contribution >= 0.6 is 11.8 Å². The average molecular weight is 366 g/mol. The van der Waals surface area contributed by atoms with Gasteiger partial charge in [0.25, 0.3) is 0 Å². The van der Waals surface area contributed by atoms with Crippen molar-refractivity contribution < 1.29 is 4.79 Å². The zero-order chi connectivity index (χ0) is 18.2. The minimum Gasteiger partial charge on any atom is -0.348 e. The van der Waals surface area contributed by atoms with E-state index >= 15 is 0 Å². The molecule has 0 fully saturated rings. The van der Waals surface area contributed by atoms with Gasteiger partial charge in [-0.25, -0.2) is 0 Å². The second-order valence-corrected chi connectivity index (χ2v) is 6.85. The highest BCUT2D eigenvalue weighted by atomic mass is 32.2. The molecule has 0 aliphatic carbocycles. The summed E-state index contributed by atoms with van der Waals surface area (Å²) in [6.45, 7) is 2.82. The molecule has 134 valence electrons. The fourth-order valence-corrected chi connectivity index (χ4v) is 3.52. The number of hydrogen-bond donors (Lipinski definition) is 1. The number of aryl methyl sites for hydroxylation is 1. The predicted molar refractivity (Wildman–Crippen MR) is 104 cm³/mol. The van der Waals surface area contributed by atoms with Gasteiger partial charge in [0.2, 0.25) is 5.91 Å². The molecule has 1 aromatic heterocycles. The van der Waals surface area contributed by atoms with E-state index in [1.54, 1.807) is 6.33 Å². The van der Waals surface area contributed by atoms with E-state index in [9.17, 15) is 4.79 Å². The molecule has 1 heterocycles. The van der Waals surface area contributed by atoms with Gasteiger partial charge in [-0.2, -0.15) is 0 Å². The van der Waals surface area contributed by atoms with Crippen LogP contribution in [0.15, 0.2) is 72.1 Å². The summed E-state index contributed by atoms with van der Waals surface area (Å²) in [5.74, 6) is 0.307. The van der Waals surface area contributed by atoms with Gasteiger partial charge in [0.15, 0.2) is 5.16 Å². The Hall–Kier alpha value is -2.60. The van der Waals surface area contributed by atoms with Crippen molar-refractivity contribution in [3.63, 3.8) is 0 Å². The van der Waals surface area contributed by atoms with Crippen LogP contribution < -0.4 is 5.32 Å². The summed E-state index contributed by atoms with van der Waals surface area (Å²) in [4.78, 5) is 12.5. The lowest BCUT2D eigenvalue weighted by Crippen LogP contribution is -2.31. The van der Waals surface area contributed by atoms with E-state index in [1.165, 1.54) is 17.3 Å². The Morgan fingerprint density at radius 1 is 1.12 bits per heavy atom. The van der Waals surface area contributed by atoms with Crippen molar-refractivity contribution in [1.82, 2.24) is 20.1 Å². The number of benzene rings is 2. The van der Waals surface area contributed by atoms with Crippen molar-refractivity contribution in [2.45, 2.75) is 31.1 Å². The quantitative estimate of drug-likeness (QED) is 0.620. The van der Waals surface area contributed by atoms with Gasteiger partial charge in [-0.3, -0.25) is 4.79 Å². The molecular formula is C20H22N4OS. The van der Waals surface area contributed by atoms with Crippen LogP contribution in [-0.4, -0.2) is 26.4 Å². The summed E-state index contributed by atoms with van der Waals surface area (Å²) in [6.07, 6.45) is 2.44. The van der Waals surface area contributed by atoms with Crippen LogP contribution in [0.25, 0.3) is 0 Å². The lowest BCUT2D eigenvalue weighted by Gasteiger charge is -2.19. The first-order chi connectivity index (χ1) is 12.8. The molecule has 2 aromatic carbocycles. The SMILES string of the molecule is CCn1cnnc1SCC(=O)NC(Cc1ccccc1)c1ccccc1. The van der Waals surface area contributed by atoms with E-state index in [4.69, 9.17) is 0 Å². The van der Waals surface area contributed by atoms with Gasteiger partial charge in [0.05, 0.1) is 11.8 Å². The van der Waals surface area contributed by atoms with E-state index in [-0.39, 0.29) is 11.9 Å². The fraction of sp³-hybridized carbons (Fsp3) is 0.250. The van der Waals surface area contributed by atoms with Gasteiger partial charge in [0.1, 0.15) is 6.33 Å². The summed E-state index contributed by atoms with van der Waals surface area (Å²) in [6, 6.07) is 20.2. The number of thioether (sulfide) groups is 1. The Kier molecular flexibility index (Phi) is 6.44. The first-order valence-corrected chi connectivity index (χ1v) is 9.63. The molecule has 3 aromatic rings. The molecule has 0 spiro atoms. The predicted octanol–water partition coefficient (Wildman–Crippen LogP) is 3.49. The summed E-state index contributed by atoms with van der Waals surface area (Å²) in [5, 5.41) is 11.9. The van der Waals surface area contributed by atoms with Gasteiger partial charge in [-0.15, -0.1) is 10.2 Å². The molecule has 6 heteroatoms. The van der Waals surface area contributed by atoms with E-state index < -0.39 is 0 Å². The zero-order valence-corrected chi connectivity index (χ0v) is 15.5. The number of nitrogens with zero attached hydrogens (tertiary/aromatic N) is 3. The molecule has 0 bridgehead atoms. The third kappa shape index (κ3) is 4.95. The molecule has 0 aliphatic rings. The van der Waals surface area contributed by atoms with Gasteiger partial charge in [-0.1, -0.05) is 72.4 Å². The topological polar surface area (TPSA) is 59.8 Å². The van der Waals surface area contributed by atoms with E-state index in [0.717, 1.165) is 23.7 Å². The maximum Gasteiger partial charge on any atom is 0.230 e. The van der Waals surface area contributed by atoms with Crippen LogP contribution in [-0.2, 0) is 17.8 Å². The smallest absolute Gasteiger partial charge is 0.230 e.